The minimum atomic E-state index is -3.93. The molecule has 0 aromatic heterocycles. The largest absolute Gasteiger partial charge is 0.398 e. The summed E-state index contributed by atoms with van der Waals surface area (Å²) in [6, 6.07) is 2.49. The maximum absolute atomic E-state index is 13.1. The average molecular weight is 270 g/mol. The van der Waals surface area contributed by atoms with Crippen LogP contribution in [0.15, 0.2) is 23.1 Å². The molecule has 1 aromatic rings. The van der Waals surface area contributed by atoms with Gasteiger partial charge in [0, 0.05) is 0 Å². The van der Waals surface area contributed by atoms with E-state index in [2.05, 4.69) is 10.6 Å². The van der Waals surface area contributed by atoms with Crippen molar-refractivity contribution < 1.29 is 12.8 Å². The SMILES string of the molecule is C#CC(NS(=O)(=O)c1cc(F)ccc1N)C(C)C. The van der Waals surface area contributed by atoms with Gasteiger partial charge >= 0.3 is 0 Å². The van der Waals surface area contributed by atoms with E-state index >= 15 is 0 Å². The van der Waals surface area contributed by atoms with Crippen molar-refractivity contribution in [3.8, 4) is 12.3 Å². The third-order valence-electron chi connectivity index (χ3n) is 2.39. The van der Waals surface area contributed by atoms with E-state index in [-0.39, 0.29) is 16.5 Å². The quantitative estimate of drug-likeness (QED) is 0.640. The highest BCUT2D eigenvalue weighted by molar-refractivity contribution is 7.89. The molecule has 3 N–H and O–H groups in total. The molecule has 0 aliphatic heterocycles. The predicted molar refractivity (Wildman–Crippen MR) is 68.6 cm³/mol. The second-order valence-corrected chi connectivity index (χ2v) is 5.87. The molecule has 0 saturated carbocycles. The Labute approximate surface area is 106 Å². The third kappa shape index (κ3) is 3.22. The van der Waals surface area contributed by atoms with Crippen LogP contribution in [0.4, 0.5) is 10.1 Å². The van der Waals surface area contributed by atoms with Crippen molar-refractivity contribution in [2.24, 2.45) is 5.92 Å². The van der Waals surface area contributed by atoms with E-state index in [0.717, 1.165) is 12.1 Å². The van der Waals surface area contributed by atoms with Crippen LogP contribution in [0.2, 0.25) is 0 Å². The van der Waals surface area contributed by atoms with E-state index in [1.54, 1.807) is 13.8 Å². The van der Waals surface area contributed by atoms with Gasteiger partial charge in [-0.05, 0) is 24.1 Å². The van der Waals surface area contributed by atoms with Crippen LogP contribution >= 0.6 is 0 Å². The van der Waals surface area contributed by atoms with Gasteiger partial charge < -0.3 is 5.73 Å². The molecule has 0 spiro atoms. The van der Waals surface area contributed by atoms with Gasteiger partial charge in [0.2, 0.25) is 10.0 Å². The molecule has 0 aliphatic carbocycles. The fourth-order valence-electron chi connectivity index (χ4n) is 1.33. The highest BCUT2D eigenvalue weighted by Gasteiger charge is 2.23. The number of nitrogens with one attached hydrogen (secondary N) is 1. The molecule has 6 heteroatoms. The van der Waals surface area contributed by atoms with Crippen LogP contribution in [0.1, 0.15) is 13.8 Å². The highest BCUT2D eigenvalue weighted by atomic mass is 32.2. The van der Waals surface area contributed by atoms with E-state index < -0.39 is 21.9 Å². The summed E-state index contributed by atoms with van der Waals surface area (Å²) >= 11 is 0. The Balaban J connectivity index is 3.15. The average Bonchev–Trinajstić information content (AvgIpc) is 2.28. The van der Waals surface area contributed by atoms with Gasteiger partial charge in [0.25, 0.3) is 0 Å². The molecule has 1 unspecified atom stereocenters. The van der Waals surface area contributed by atoms with Gasteiger partial charge in [-0.25, -0.2) is 12.8 Å². The summed E-state index contributed by atoms with van der Waals surface area (Å²) in [5.41, 5.74) is 5.51. The first-order valence-corrected chi connectivity index (χ1v) is 6.79. The first kappa shape index (κ1) is 14.5. The number of terminal acetylenes is 1. The standard InChI is InChI=1S/C12H15FN2O2S/c1-4-11(8(2)3)15-18(16,17)12-7-9(13)5-6-10(12)14/h1,5-8,11,15H,14H2,2-3H3. The molecule has 0 aliphatic rings. The first-order valence-electron chi connectivity index (χ1n) is 5.31. The summed E-state index contributed by atoms with van der Waals surface area (Å²) in [6.45, 7) is 3.56. The minimum absolute atomic E-state index is 0.0246. The number of halogens is 1. The number of sulfonamides is 1. The number of anilines is 1. The number of hydrogen-bond donors (Lipinski definition) is 2. The monoisotopic (exact) mass is 270 g/mol. The topological polar surface area (TPSA) is 72.2 Å². The smallest absolute Gasteiger partial charge is 0.243 e. The highest BCUT2D eigenvalue weighted by Crippen LogP contribution is 2.20. The van der Waals surface area contributed by atoms with E-state index in [0.29, 0.717) is 0 Å². The van der Waals surface area contributed by atoms with Crippen LogP contribution in [0, 0.1) is 24.1 Å². The lowest BCUT2D eigenvalue weighted by molar-refractivity contribution is 0.518. The fourth-order valence-corrected chi connectivity index (χ4v) is 2.78. The van der Waals surface area contributed by atoms with E-state index in [1.165, 1.54) is 6.07 Å². The van der Waals surface area contributed by atoms with E-state index in [9.17, 15) is 12.8 Å². The Morgan fingerprint density at radius 1 is 1.44 bits per heavy atom. The Morgan fingerprint density at radius 3 is 2.56 bits per heavy atom. The van der Waals surface area contributed by atoms with Crippen molar-refractivity contribution in [3.05, 3.63) is 24.0 Å². The molecule has 4 nitrogen and oxygen atoms in total. The summed E-state index contributed by atoms with van der Waals surface area (Å²) in [5, 5.41) is 0. The van der Waals surface area contributed by atoms with Crippen molar-refractivity contribution in [2.75, 3.05) is 5.73 Å². The van der Waals surface area contributed by atoms with Crippen molar-refractivity contribution in [1.82, 2.24) is 4.72 Å². The second-order valence-electron chi connectivity index (χ2n) is 4.19. The van der Waals surface area contributed by atoms with Gasteiger partial charge in [0.15, 0.2) is 0 Å². The maximum atomic E-state index is 13.1. The van der Waals surface area contributed by atoms with Gasteiger partial charge in [0.1, 0.15) is 10.7 Å². The number of nitrogens with two attached hydrogens (primary N) is 1. The molecular weight excluding hydrogens is 255 g/mol. The molecule has 1 atom stereocenters. The summed E-state index contributed by atoms with van der Waals surface area (Å²) in [7, 11) is -3.93. The van der Waals surface area contributed by atoms with Crippen LogP contribution in [0.3, 0.4) is 0 Å². The minimum Gasteiger partial charge on any atom is -0.398 e. The van der Waals surface area contributed by atoms with Crippen molar-refractivity contribution >= 4 is 15.7 Å². The molecule has 0 radical (unpaired) electrons. The van der Waals surface area contributed by atoms with E-state index in [4.69, 9.17) is 12.2 Å². The molecule has 1 aromatic carbocycles. The molecule has 0 fully saturated rings. The van der Waals surface area contributed by atoms with Crippen molar-refractivity contribution in [2.45, 2.75) is 24.8 Å². The van der Waals surface area contributed by atoms with Crippen LogP contribution < -0.4 is 10.5 Å². The number of rotatable bonds is 4. The summed E-state index contributed by atoms with van der Waals surface area (Å²) in [6.07, 6.45) is 5.24. The Kier molecular flexibility index (Phi) is 4.33. The van der Waals surface area contributed by atoms with Gasteiger partial charge in [-0.3, -0.25) is 0 Å². The maximum Gasteiger partial charge on any atom is 0.243 e. The second kappa shape index (κ2) is 5.38. The molecule has 0 amide bonds. The normalized spacial score (nSPS) is 13.3. The number of benzene rings is 1. The van der Waals surface area contributed by atoms with Crippen LogP contribution in [0.5, 0.6) is 0 Å². The summed E-state index contributed by atoms with van der Waals surface area (Å²) in [5.74, 6) is 1.58. The molecule has 0 bridgehead atoms. The molecule has 1 rings (SSSR count). The zero-order valence-electron chi connectivity index (χ0n) is 10.1. The Bertz CT molecular complexity index is 576. The Morgan fingerprint density at radius 2 is 2.06 bits per heavy atom. The lowest BCUT2D eigenvalue weighted by Crippen LogP contribution is -2.37. The number of hydrogen-bond acceptors (Lipinski definition) is 3. The van der Waals surface area contributed by atoms with Crippen molar-refractivity contribution in [3.63, 3.8) is 0 Å². The van der Waals surface area contributed by atoms with E-state index in [1.807, 2.05) is 0 Å². The van der Waals surface area contributed by atoms with Crippen LogP contribution in [-0.4, -0.2) is 14.5 Å². The zero-order chi connectivity index (χ0) is 13.9. The molecule has 0 heterocycles. The van der Waals surface area contributed by atoms with Gasteiger partial charge in [-0.15, -0.1) is 6.42 Å². The molecule has 0 saturated heterocycles. The lowest BCUT2D eigenvalue weighted by atomic mass is 10.1. The lowest BCUT2D eigenvalue weighted by Gasteiger charge is -2.17. The molecular formula is C12H15FN2O2S. The molecule has 98 valence electrons. The Hall–Kier alpha value is -1.58. The van der Waals surface area contributed by atoms with Crippen LogP contribution in [0.25, 0.3) is 0 Å². The predicted octanol–water partition coefficient (Wildman–Crippen LogP) is 1.34. The fraction of sp³-hybridized carbons (Fsp3) is 0.333. The van der Waals surface area contributed by atoms with Gasteiger partial charge in [-0.2, -0.15) is 4.72 Å². The van der Waals surface area contributed by atoms with Gasteiger partial charge in [0.05, 0.1) is 11.7 Å². The van der Waals surface area contributed by atoms with Crippen molar-refractivity contribution in [1.29, 1.82) is 0 Å². The summed E-state index contributed by atoms with van der Waals surface area (Å²) in [4.78, 5) is -0.302. The third-order valence-corrected chi connectivity index (χ3v) is 3.89. The van der Waals surface area contributed by atoms with Gasteiger partial charge in [-0.1, -0.05) is 19.8 Å². The zero-order valence-corrected chi connectivity index (χ0v) is 11.0. The first-order chi connectivity index (χ1) is 8.27. The molecule has 18 heavy (non-hydrogen) atoms. The summed E-state index contributed by atoms with van der Waals surface area (Å²) < 4.78 is 39.4. The number of nitrogen functional groups attached to an aromatic ring is 1. The van der Waals surface area contributed by atoms with Crippen LogP contribution in [-0.2, 0) is 10.0 Å².